The second kappa shape index (κ2) is 7.17. The van der Waals surface area contributed by atoms with Crippen LogP contribution >= 0.6 is 0 Å². The summed E-state index contributed by atoms with van der Waals surface area (Å²) < 4.78 is 38.1. The minimum absolute atomic E-state index is 0.129. The summed E-state index contributed by atoms with van der Waals surface area (Å²) in [4.78, 5) is 4.18. The van der Waals surface area contributed by atoms with Gasteiger partial charge in [-0.1, -0.05) is 11.2 Å². The lowest BCUT2D eigenvalue weighted by molar-refractivity contribution is 0.301. The molecule has 136 valence electrons. The minimum atomic E-state index is -3.71. The zero-order chi connectivity index (χ0) is 18.7. The molecule has 0 saturated heterocycles. The van der Waals surface area contributed by atoms with Crippen molar-refractivity contribution in [3.63, 3.8) is 0 Å². The number of hydrogen-bond donors (Lipinski definition) is 1. The van der Waals surface area contributed by atoms with Gasteiger partial charge in [-0.05, 0) is 56.7 Å². The number of anilines is 1. The number of sulfonamides is 1. The fourth-order valence-corrected chi connectivity index (χ4v) is 3.31. The number of hydrogen-bond acceptors (Lipinski definition) is 6. The summed E-state index contributed by atoms with van der Waals surface area (Å²) in [6.45, 7) is 5.85. The maximum absolute atomic E-state index is 12.4. The first kappa shape index (κ1) is 17.9. The number of aryl methyl sites for hydroxylation is 3. The summed E-state index contributed by atoms with van der Waals surface area (Å²) >= 11 is 0. The second-order valence-electron chi connectivity index (χ2n) is 5.89. The molecular weight excluding hydrogens is 354 g/mol. The van der Waals surface area contributed by atoms with Crippen molar-refractivity contribution in [2.45, 2.75) is 32.3 Å². The van der Waals surface area contributed by atoms with Gasteiger partial charge < -0.3 is 9.26 Å². The van der Waals surface area contributed by atoms with E-state index in [1.807, 2.05) is 20.8 Å². The van der Waals surface area contributed by atoms with E-state index in [0.29, 0.717) is 18.1 Å². The van der Waals surface area contributed by atoms with Crippen LogP contribution in [-0.2, 0) is 16.6 Å². The van der Waals surface area contributed by atoms with Crippen LogP contribution < -0.4 is 9.46 Å². The highest BCUT2D eigenvalue weighted by Crippen LogP contribution is 2.21. The second-order valence-corrected chi connectivity index (χ2v) is 7.57. The molecule has 0 amide bonds. The van der Waals surface area contributed by atoms with Gasteiger partial charge >= 0.3 is 0 Å². The Hall–Kier alpha value is -2.87. The Morgan fingerprint density at radius 3 is 2.38 bits per heavy atom. The van der Waals surface area contributed by atoms with E-state index in [1.165, 1.54) is 12.1 Å². The molecule has 2 heterocycles. The molecule has 0 bridgehead atoms. The molecule has 8 heteroatoms. The molecule has 3 rings (SSSR count). The monoisotopic (exact) mass is 373 g/mol. The van der Waals surface area contributed by atoms with Gasteiger partial charge in [-0.3, -0.25) is 4.72 Å². The number of pyridine rings is 1. The van der Waals surface area contributed by atoms with Crippen molar-refractivity contribution < 1.29 is 17.7 Å². The van der Waals surface area contributed by atoms with E-state index in [1.54, 1.807) is 30.5 Å². The first-order valence-corrected chi connectivity index (χ1v) is 9.43. The van der Waals surface area contributed by atoms with Gasteiger partial charge in [-0.2, -0.15) is 0 Å². The smallest absolute Gasteiger partial charge is 0.263 e. The van der Waals surface area contributed by atoms with Crippen LogP contribution in [0.15, 0.2) is 52.0 Å². The average Bonchev–Trinajstić information content (AvgIpc) is 2.93. The Kier molecular flexibility index (Phi) is 4.94. The van der Waals surface area contributed by atoms with Crippen LogP contribution in [0.3, 0.4) is 0 Å². The predicted octanol–water partition coefficient (Wildman–Crippen LogP) is 3.37. The van der Waals surface area contributed by atoms with E-state index >= 15 is 0 Å². The third-order valence-corrected chi connectivity index (χ3v) is 5.22. The molecular formula is C18H19N3O4S. The van der Waals surface area contributed by atoms with Gasteiger partial charge in [0.2, 0.25) is 0 Å². The van der Waals surface area contributed by atoms with Gasteiger partial charge in [0.15, 0.2) is 0 Å². The SMILES string of the molecule is Cc1ccc(NS(=O)(=O)c2ccc(OCc3c(C)noc3C)cc2)nc1. The molecule has 1 N–H and O–H groups in total. The Morgan fingerprint density at radius 2 is 1.81 bits per heavy atom. The van der Waals surface area contributed by atoms with E-state index in [4.69, 9.17) is 9.26 Å². The Labute approximate surface area is 152 Å². The number of nitrogens with zero attached hydrogens (tertiary/aromatic N) is 2. The quantitative estimate of drug-likeness (QED) is 0.712. The van der Waals surface area contributed by atoms with Crippen molar-refractivity contribution in [3.8, 4) is 5.75 Å². The highest BCUT2D eigenvalue weighted by molar-refractivity contribution is 7.92. The molecule has 26 heavy (non-hydrogen) atoms. The first-order valence-electron chi connectivity index (χ1n) is 7.95. The molecule has 0 unspecified atom stereocenters. The molecule has 2 aromatic heterocycles. The van der Waals surface area contributed by atoms with Crippen LogP contribution in [0.1, 0.15) is 22.6 Å². The minimum Gasteiger partial charge on any atom is -0.489 e. The lowest BCUT2D eigenvalue weighted by atomic mass is 10.2. The third kappa shape index (κ3) is 4.02. The Morgan fingerprint density at radius 1 is 1.08 bits per heavy atom. The molecule has 0 atom stereocenters. The van der Waals surface area contributed by atoms with E-state index in [9.17, 15) is 8.42 Å². The maximum atomic E-state index is 12.4. The number of aromatic nitrogens is 2. The topological polar surface area (TPSA) is 94.3 Å². The van der Waals surface area contributed by atoms with Crippen molar-refractivity contribution in [1.29, 1.82) is 0 Å². The Balaban J connectivity index is 1.69. The van der Waals surface area contributed by atoms with Crippen molar-refractivity contribution in [1.82, 2.24) is 10.1 Å². The summed E-state index contributed by atoms with van der Waals surface area (Å²) in [6, 6.07) is 9.59. The maximum Gasteiger partial charge on any atom is 0.263 e. The fourth-order valence-electron chi connectivity index (χ4n) is 2.30. The van der Waals surface area contributed by atoms with Crippen molar-refractivity contribution in [3.05, 3.63) is 65.2 Å². The molecule has 7 nitrogen and oxygen atoms in total. The lowest BCUT2D eigenvalue weighted by Crippen LogP contribution is -2.13. The van der Waals surface area contributed by atoms with Crippen molar-refractivity contribution in [2.24, 2.45) is 0 Å². The first-order chi connectivity index (χ1) is 12.3. The van der Waals surface area contributed by atoms with Gasteiger partial charge in [0.05, 0.1) is 16.2 Å². The standard InChI is InChI=1S/C18H19N3O4S/c1-12-4-9-18(19-10-12)21-26(22,23)16-7-5-15(6-8-16)24-11-17-13(2)20-25-14(17)3/h4-10H,11H2,1-3H3,(H,19,21). The van der Waals surface area contributed by atoms with Crippen LogP contribution in [-0.4, -0.2) is 18.6 Å². The fraction of sp³-hybridized carbons (Fsp3) is 0.222. The summed E-state index contributed by atoms with van der Waals surface area (Å²) in [6.07, 6.45) is 1.60. The molecule has 0 saturated carbocycles. The molecule has 0 radical (unpaired) electrons. The number of ether oxygens (including phenoxy) is 1. The molecule has 0 aliphatic heterocycles. The molecule has 0 spiro atoms. The molecule has 0 fully saturated rings. The van der Waals surface area contributed by atoms with Gasteiger partial charge in [-0.15, -0.1) is 0 Å². The van der Waals surface area contributed by atoms with Gasteiger partial charge in [0.1, 0.15) is 23.9 Å². The normalized spacial score (nSPS) is 11.3. The van der Waals surface area contributed by atoms with Crippen LogP contribution in [0.4, 0.5) is 5.82 Å². The van der Waals surface area contributed by atoms with Crippen LogP contribution in [0.25, 0.3) is 0 Å². The van der Waals surface area contributed by atoms with Gasteiger partial charge in [-0.25, -0.2) is 13.4 Å². The van der Waals surface area contributed by atoms with Gasteiger partial charge in [0, 0.05) is 6.20 Å². The zero-order valence-electron chi connectivity index (χ0n) is 14.7. The summed E-state index contributed by atoms with van der Waals surface area (Å²) in [5, 5.41) is 3.87. The zero-order valence-corrected chi connectivity index (χ0v) is 15.5. The molecule has 0 aliphatic rings. The third-order valence-electron chi connectivity index (χ3n) is 3.85. The largest absolute Gasteiger partial charge is 0.489 e. The number of nitrogens with one attached hydrogen (secondary N) is 1. The van der Waals surface area contributed by atoms with Gasteiger partial charge in [0.25, 0.3) is 10.0 Å². The lowest BCUT2D eigenvalue weighted by Gasteiger charge is -2.09. The van der Waals surface area contributed by atoms with Crippen LogP contribution in [0.5, 0.6) is 5.75 Å². The predicted molar refractivity (Wildman–Crippen MR) is 96.5 cm³/mol. The highest BCUT2D eigenvalue weighted by Gasteiger charge is 2.15. The van der Waals surface area contributed by atoms with E-state index < -0.39 is 10.0 Å². The van der Waals surface area contributed by atoms with Crippen molar-refractivity contribution in [2.75, 3.05) is 4.72 Å². The Bertz CT molecular complexity index is 974. The summed E-state index contributed by atoms with van der Waals surface area (Å²) in [5.74, 6) is 1.53. The number of rotatable bonds is 6. The number of benzene rings is 1. The van der Waals surface area contributed by atoms with Crippen molar-refractivity contribution >= 4 is 15.8 Å². The summed E-state index contributed by atoms with van der Waals surface area (Å²) in [7, 11) is -3.71. The molecule has 1 aromatic carbocycles. The van der Waals surface area contributed by atoms with Crippen LogP contribution in [0, 0.1) is 20.8 Å². The average molecular weight is 373 g/mol. The van der Waals surface area contributed by atoms with E-state index in [0.717, 1.165) is 16.8 Å². The van der Waals surface area contributed by atoms with E-state index in [2.05, 4.69) is 14.9 Å². The van der Waals surface area contributed by atoms with E-state index in [-0.39, 0.29) is 10.7 Å². The summed E-state index contributed by atoms with van der Waals surface area (Å²) in [5.41, 5.74) is 2.61. The molecule has 3 aromatic rings. The molecule has 0 aliphatic carbocycles. The highest BCUT2D eigenvalue weighted by atomic mass is 32.2. The van der Waals surface area contributed by atoms with Crippen LogP contribution in [0.2, 0.25) is 0 Å².